The number of carboxylic acid groups (broad SMARTS) is 1. The van der Waals surface area contributed by atoms with Gasteiger partial charge in [-0.1, -0.05) is 66.7 Å². The molecule has 0 aromatic heterocycles. The van der Waals surface area contributed by atoms with Crippen molar-refractivity contribution in [1.82, 2.24) is 5.32 Å². The lowest BCUT2D eigenvalue weighted by Crippen LogP contribution is -2.43. The summed E-state index contributed by atoms with van der Waals surface area (Å²) in [6.07, 6.45) is 0.0819. The molecule has 0 aliphatic heterocycles. The van der Waals surface area contributed by atoms with Gasteiger partial charge in [0.15, 0.2) is 0 Å². The van der Waals surface area contributed by atoms with Crippen molar-refractivity contribution in [2.24, 2.45) is 0 Å². The van der Waals surface area contributed by atoms with Gasteiger partial charge in [-0.2, -0.15) is 0 Å². The van der Waals surface area contributed by atoms with Crippen LogP contribution in [0.3, 0.4) is 0 Å². The minimum absolute atomic E-state index is 0.0819. The molecular weight excluding hydrogens is 398 g/mol. The van der Waals surface area contributed by atoms with Gasteiger partial charge in [0.2, 0.25) is 5.91 Å². The van der Waals surface area contributed by atoms with Crippen molar-refractivity contribution in [2.75, 3.05) is 5.75 Å². The third-order valence-corrected chi connectivity index (χ3v) is 6.71. The van der Waals surface area contributed by atoms with Crippen molar-refractivity contribution in [3.8, 4) is 11.1 Å². The quantitative estimate of drug-likeness (QED) is 0.613. The van der Waals surface area contributed by atoms with E-state index in [9.17, 15) is 18.9 Å². The first-order chi connectivity index (χ1) is 14.6. The van der Waals surface area contributed by atoms with Crippen molar-refractivity contribution in [1.29, 1.82) is 0 Å². The molecule has 0 saturated heterocycles. The molecule has 0 heterocycles. The normalized spacial score (nSPS) is 14.4. The molecular formula is C24H21NO4S. The maximum Gasteiger partial charge on any atom is 0.326 e. The number of benzene rings is 3. The first-order valence-electron chi connectivity index (χ1n) is 9.71. The Hall–Kier alpha value is -3.25. The Morgan fingerprint density at radius 1 is 0.867 bits per heavy atom. The van der Waals surface area contributed by atoms with E-state index in [1.807, 2.05) is 54.6 Å². The van der Waals surface area contributed by atoms with Crippen LogP contribution in [-0.4, -0.2) is 33.0 Å². The fraction of sp³-hybridized carbons (Fsp3) is 0.167. The lowest BCUT2D eigenvalue weighted by molar-refractivity contribution is -0.141. The fourth-order valence-corrected chi connectivity index (χ4v) is 5.01. The van der Waals surface area contributed by atoms with Gasteiger partial charge in [0.1, 0.15) is 6.04 Å². The first-order valence-corrected chi connectivity index (χ1v) is 11.0. The molecule has 2 atom stereocenters. The van der Waals surface area contributed by atoms with Crippen LogP contribution in [0.15, 0.2) is 83.8 Å². The number of amides is 1. The predicted octanol–water partition coefficient (Wildman–Crippen LogP) is 3.57. The zero-order valence-corrected chi connectivity index (χ0v) is 17.0. The Morgan fingerprint density at radius 3 is 1.97 bits per heavy atom. The van der Waals surface area contributed by atoms with E-state index in [2.05, 4.69) is 5.32 Å². The van der Waals surface area contributed by atoms with Gasteiger partial charge < -0.3 is 10.4 Å². The number of carbonyl (C=O) groups excluding carboxylic acids is 1. The van der Waals surface area contributed by atoms with Crippen LogP contribution in [0.2, 0.25) is 0 Å². The smallest absolute Gasteiger partial charge is 0.326 e. The van der Waals surface area contributed by atoms with Crippen LogP contribution >= 0.6 is 0 Å². The molecule has 0 fully saturated rings. The first kappa shape index (κ1) is 20.0. The minimum Gasteiger partial charge on any atom is -0.480 e. The van der Waals surface area contributed by atoms with Crippen LogP contribution in [-0.2, 0) is 20.4 Å². The maximum atomic E-state index is 13.2. The second-order valence-corrected chi connectivity index (χ2v) is 8.73. The van der Waals surface area contributed by atoms with Gasteiger partial charge in [-0.15, -0.1) is 0 Å². The summed E-state index contributed by atoms with van der Waals surface area (Å²) in [5.74, 6) is -1.89. The zero-order valence-electron chi connectivity index (χ0n) is 16.2. The van der Waals surface area contributed by atoms with E-state index >= 15 is 0 Å². The summed E-state index contributed by atoms with van der Waals surface area (Å²) < 4.78 is 12.4. The van der Waals surface area contributed by atoms with Crippen molar-refractivity contribution in [3.63, 3.8) is 0 Å². The summed E-state index contributed by atoms with van der Waals surface area (Å²) in [7, 11) is -1.32. The summed E-state index contributed by atoms with van der Waals surface area (Å²) >= 11 is 0. The number of carboxylic acids is 1. The Labute approximate surface area is 177 Å². The van der Waals surface area contributed by atoms with E-state index < -0.39 is 28.7 Å². The molecule has 4 rings (SSSR count). The SMILES string of the molecule is O=C(N[C@H](CC[S@](=O)c1ccccc1)C(=O)O)C1c2ccccc2-c2ccccc21. The molecule has 1 aliphatic rings. The second kappa shape index (κ2) is 8.63. The van der Waals surface area contributed by atoms with E-state index in [0.717, 1.165) is 22.3 Å². The van der Waals surface area contributed by atoms with Crippen molar-refractivity contribution in [3.05, 3.63) is 90.0 Å². The molecule has 1 aliphatic carbocycles. The standard InChI is InChI=1S/C24H21NO4S/c26-23(22-19-12-6-4-10-17(19)18-11-5-7-13-20(18)22)25-21(24(27)28)14-15-30(29)16-8-2-1-3-9-16/h1-13,21-22H,14-15H2,(H,25,26)(H,27,28)/t21-,30+/m1/s1. The molecule has 6 heteroatoms. The van der Waals surface area contributed by atoms with Gasteiger partial charge in [-0.05, 0) is 40.8 Å². The zero-order chi connectivity index (χ0) is 21.1. The Morgan fingerprint density at radius 2 is 1.40 bits per heavy atom. The highest BCUT2D eigenvalue weighted by Crippen LogP contribution is 2.44. The van der Waals surface area contributed by atoms with Gasteiger partial charge in [0, 0.05) is 10.6 Å². The van der Waals surface area contributed by atoms with E-state index in [-0.39, 0.29) is 18.1 Å². The molecule has 3 aromatic carbocycles. The van der Waals surface area contributed by atoms with Crippen LogP contribution in [0.25, 0.3) is 11.1 Å². The van der Waals surface area contributed by atoms with E-state index in [4.69, 9.17) is 0 Å². The highest BCUT2D eigenvalue weighted by Gasteiger charge is 2.35. The molecule has 0 unspecified atom stereocenters. The fourth-order valence-electron chi connectivity index (χ4n) is 3.87. The molecule has 1 amide bonds. The van der Waals surface area contributed by atoms with Gasteiger partial charge in [0.05, 0.1) is 16.7 Å². The third-order valence-electron chi connectivity index (χ3n) is 5.31. The largest absolute Gasteiger partial charge is 0.480 e. The minimum atomic E-state index is -1.32. The summed E-state index contributed by atoms with van der Waals surface area (Å²) in [6.45, 7) is 0. The Bertz CT molecular complexity index is 1070. The van der Waals surface area contributed by atoms with E-state index in [1.165, 1.54) is 0 Å². The topological polar surface area (TPSA) is 83.5 Å². The maximum absolute atomic E-state index is 13.2. The number of hydrogen-bond donors (Lipinski definition) is 2. The number of carbonyl (C=O) groups is 2. The van der Waals surface area contributed by atoms with Crippen LogP contribution in [0.4, 0.5) is 0 Å². The molecule has 0 spiro atoms. The average Bonchev–Trinajstić information content (AvgIpc) is 3.11. The molecule has 30 heavy (non-hydrogen) atoms. The van der Waals surface area contributed by atoms with Crippen LogP contribution in [0, 0.1) is 0 Å². The van der Waals surface area contributed by atoms with Gasteiger partial charge >= 0.3 is 5.97 Å². The van der Waals surface area contributed by atoms with Gasteiger partial charge in [-0.25, -0.2) is 4.79 Å². The summed E-state index contributed by atoms with van der Waals surface area (Å²) in [6, 6.07) is 23.2. The number of hydrogen-bond acceptors (Lipinski definition) is 3. The average molecular weight is 420 g/mol. The van der Waals surface area contributed by atoms with Gasteiger partial charge in [0.25, 0.3) is 0 Å². The Balaban J connectivity index is 1.51. The summed E-state index contributed by atoms with van der Waals surface area (Å²) in [5.41, 5.74) is 3.72. The van der Waals surface area contributed by atoms with Crippen LogP contribution < -0.4 is 5.32 Å². The highest BCUT2D eigenvalue weighted by atomic mass is 32.2. The molecule has 0 saturated carbocycles. The number of aliphatic carboxylic acids is 1. The Kier molecular flexibility index (Phi) is 5.77. The summed E-state index contributed by atoms with van der Waals surface area (Å²) in [5, 5.41) is 12.3. The van der Waals surface area contributed by atoms with Crippen LogP contribution in [0.5, 0.6) is 0 Å². The molecule has 0 radical (unpaired) electrons. The molecule has 152 valence electrons. The third kappa shape index (κ3) is 3.91. The van der Waals surface area contributed by atoms with Crippen molar-refractivity contribution < 1.29 is 18.9 Å². The lowest BCUT2D eigenvalue weighted by atomic mass is 9.95. The molecule has 3 aromatic rings. The predicted molar refractivity (Wildman–Crippen MR) is 116 cm³/mol. The number of fused-ring (bicyclic) bond motifs is 3. The molecule has 0 bridgehead atoms. The molecule has 5 nitrogen and oxygen atoms in total. The van der Waals surface area contributed by atoms with E-state index in [1.54, 1.807) is 24.3 Å². The number of nitrogens with one attached hydrogen (secondary N) is 1. The lowest BCUT2D eigenvalue weighted by Gasteiger charge is -2.19. The number of rotatable bonds is 7. The monoisotopic (exact) mass is 419 g/mol. The van der Waals surface area contributed by atoms with Gasteiger partial charge in [-0.3, -0.25) is 9.00 Å². The van der Waals surface area contributed by atoms with Crippen LogP contribution in [0.1, 0.15) is 23.5 Å². The second-order valence-electron chi connectivity index (χ2n) is 7.16. The highest BCUT2D eigenvalue weighted by molar-refractivity contribution is 7.85. The molecule has 2 N–H and O–H groups in total. The van der Waals surface area contributed by atoms with Crippen molar-refractivity contribution >= 4 is 22.7 Å². The van der Waals surface area contributed by atoms with Crippen molar-refractivity contribution in [2.45, 2.75) is 23.3 Å². The summed E-state index contributed by atoms with van der Waals surface area (Å²) in [4.78, 5) is 25.6. The van der Waals surface area contributed by atoms with E-state index in [0.29, 0.717) is 4.90 Å².